The molecule has 1 unspecified atom stereocenters. The molecule has 0 aromatic heterocycles. The molecule has 2 atom stereocenters. The number of morpholine rings is 1. The quantitative estimate of drug-likeness (QED) is 0.580. The maximum atomic E-state index is 8.81. The molecule has 1 aliphatic rings. The summed E-state index contributed by atoms with van der Waals surface area (Å²) in [5.74, 6) is 0. The van der Waals surface area contributed by atoms with Crippen LogP contribution < -0.4 is 0 Å². The minimum Gasteiger partial charge on any atom is -0.394 e. The van der Waals surface area contributed by atoms with Crippen LogP contribution in [-0.2, 0) is 4.74 Å². The summed E-state index contributed by atoms with van der Waals surface area (Å²) in [6.45, 7) is 4.55. The van der Waals surface area contributed by atoms with Crippen molar-refractivity contribution in [2.24, 2.45) is 0 Å². The Labute approximate surface area is 72.7 Å². The smallest absolute Gasteiger partial charge is 0.0933 e. The molecule has 3 nitrogen and oxygen atoms in total. The molecule has 0 saturated carbocycles. The number of rotatable bonds is 2. The van der Waals surface area contributed by atoms with Gasteiger partial charge in [-0.2, -0.15) is 12.6 Å². The maximum absolute atomic E-state index is 8.81. The molecule has 1 rings (SSSR count). The van der Waals surface area contributed by atoms with Crippen LogP contribution in [0.2, 0.25) is 0 Å². The van der Waals surface area contributed by atoms with E-state index in [1.807, 2.05) is 6.92 Å². The number of hydrogen-bond acceptors (Lipinski definition) is 4. The van der Waals surface area contributed by atoms with Gasteiger partial charge in [-0.25, -0.2) is 0 Å². The van der Waals surface area contributed by atoms with Crippen LogP contribution >= 0.6 is 12.6 Å². The zero-order chi connectivity index (χ0) is 8.27. The van der Waals surface area contributed by atoms with Crippen molar-refractivity contribution in [2.75, 3.05) is 26.3 Å². The Balaban J connectivity index is 2.33. The van der Waals surface area contributed by atoms with E-state index in [0.717, 1.165) is 13.1 Å². The van der Waals surface area contributed by atoms with Gasteiger partial charge < -0.3 is 9.84 Å². The molecule has 11 heavy (non-hydrogen) atoms. The Hall–Kier alpha value is 0.230. The number of hydrogen-bond donors (Lipinski definition) is 2. The predicted octanol–water partition coefficient (Wildman–Crippen LogP) is -0.0447. The lowest BCUT2D eigenvalue weighted by Gasteiger charge is -2.34. The van der Waals surface area contributed by atoms with E-state index in [1.165, 1.54) is 0 Å². The fourth-order valence-electron chi connectivity index (χ4n) is 1.19. The van der Waals surface area contributed by atoms with Crippen LogP contribution in [0.4, 0.5) is 0 Å². The molecule has 0 aromatic carbocycles. The summed E-state index contributed by atoms with van der Waals surface area (Å²) >= 11 is 4.31. The maximum Gasteiger partial charge on any atom is 0.0933 e. The van der Waals surface area contributed by atoms with Gasteiger partial charge in [-0.05, 0) is 6.92 Å². The summed E-state index contributed by atoms with van der Waals surface area (Å²) in [5.41, 5.74) is 0. The highest BCUT2D eigenvalue weighted by Gasteiger charge is 2.21. The molecule has 4 heteroatoms. The van der Waals surface area contributed by atoms with Gasteiger partial charge >= 0.3 is 0 Å². The standard InChI is InChI=1S/C7H15NO2S/c1-6(11)8-2-3-10-7(4-8)5-9/h6-7,9,11H,2-5H2,1H3/t6?,7-/m1/s1. The summed E-state index contributed by atoms with van der Waals surface area (Å²) in [4.78, 5) is 2.19. The number of aliphatic hydroxyl groups excluding tert-OH is 1. The number of ether oxygens (including phenoxy) is 1. The first kappa shape index (κ1) is 9.32. The second-order valence-corrected chi connectivity index (χ2v) is 3.55. The normalized spacial score (nSPS) is 30.3. The first-order valence-electron chi connectivity index (χ1n) is 3.88. The Kier molecular flexibility index (Phi) is 3.65. The first-order valence-corrected chi connectivity index (χ1v) is 4.40. The van der Waals surface area contributed by atoms with E-state index in [2.05, 4.69) is 17.5 Å². The Morgan fingerprint density at radius 1 is 1.82 bits per heavy atom. The zero-order valence-corrected chi connectivity index (χ0v) is 7.63. The second-order valence-electron chi connectivity index (χ2n) is 2.80. The largest absolute Gasteiger partial charge is 0.394 e. The fraction of sp³-hybridized carbons (Fsp3) is 1.00. The summed E-state index contributed by atoms with van der Waals surface area (Å²) < 4.78 is 5.28. The summed E-state index contributed by atoms with van der Waals surface area (Å²) in [6.07, 6.45) is -0.0154. The Morgan fingerprint density at radius 2 is 2.55 bits per heavy atom. The van der Waals surface area contributed by atoms with Crippen molar-refractivity contribution in [3.05, 3.63) is 0 Å². The lowest BCUT2D eigenvalue weighted by atomic mass is 10.3. The molecule has 0 radical (unpaired) electrons. The van der Waals surface area contributed by atoms with E-state index in [0.29, 0.717) is 6.61 Å². The van der Waals surface area contributed by atoms with Gasteiger partial charge in [0.25, 0.3) is 0 Å². The van der Waals surface area contributed by atoms with Gasteiger partial charge in [0.1, 0.15) is 0 Å². The van der Waals surface area contributed by atoms with Crippen molar-refractivity contribution >= 4 is 12.6 Å². The minimum atomic E-state index is -0.0154. The third-order valence-corrected chi connectivity index (χ3v) is 2.23. The van der Waals surface area contributed by atoms with Crippen LogP contribution in [0.15, 0.2) is 0 Å². The lowest BCUT2D eigenvalue weighted by Crippen LogP contribution is -2.46. The minimum absolute atomic E-state index is 0.0154. The molecule has 1 N–H and O–H groups in total. The average molecular weight is 177 g/mol. The molecule has 0 aromatic rings. The molecule has 0 bridgehead atoms. The number of nitrogens with zero attached hydrogens (tertiary/aromatic N) is 1. The van der Waals surface area contributed by atoms with Crippen molar-refractivity contribution < 1.29 is 9.84 Å². The van der Waals surface area contributed by atoms with Crippen molar-refractivity contribution in [3.63, 3.8) is 0 Å². The van der Waals surface area contributed by atoms with Crippen molar-refractivity contribution in [3.8, 4) is 0 Å². The van der Waals surface area contributed by atoms with Gasteiger partial charge in [0, 0.05) is 13.1 Å². The van der Waals surface area contributed by atoms with Gasteiger partial charge in [-0.1, -0.05) is 0 Å². The van der Waals surface area contributed by atoms with Crippen LogP contribution in [-0.4, -0.2) is 47.8 Å². The van der Waals surface area contributed by atoms with Gasteiger partial charge in [0.15, 0.2) is 0 Å². The van der Waals surface area contributed by atoms with E-state index < -0.39 is 0 Å². The summed E-state index contributed by atoms with van der Waals surface area (Å²) in [6, 6.07) is 0. The fourth-order valence-corrected chi connectivity index (χ4v) is 1.40. The van der Waals surface area contributed by atoms with Crippen LogP contribution in [0.5, 0.6) is 0 Å². The SMILES string of the molecule is CC(S)N1CCO[C@@H](CO)C1. The Morgan fingerprint density at radius 3 is 3.09 bits per heavy atom. The Bertz CT molecular complexity index is 121. The molecule has 1 heterocycles. The molecule has 66 valence electrons. The third kappa shape index (κ3) is 2.63. The summed E-state index contributed by atoms with van der Waals surface area (Å²) in [7, 11) is 0. The van der Waals surface area contributed by atoms with Gasteiger partial charge in [0.2, 0.25) is 0 Å². The van der Waals surface area contributed by atoms with Crippen LogP contribution in [0.25, 0.3) is 0 Å². The van der Waals surface area contributed by atoms with Crippen LogP contribution in [0.3, 0.4) is 0 Å². The number of thiol groups is 1. The summed E-state index contributed by atoms with van der Waals surface area (Å²) in [5, 5.41) is 9.07. The van der Waals surface area contributed by atoms with Gasteiger partial charge in [-0.15, -0.1) is 0 Å². The first-order chi connectivity index (χ1) is 5.24. The van der Waals surface area contributed by atoms with E-state index >= 15 is 0 Å². The second kappa shape index (κ2) is 4.30. The van der Waals surface area contributed by atoms with Crippen molar-refractivity contribution in [1.82, 2.24) is 4.90 Å². The highest BCUT2D eigenvalue weighted by molar-refractivity contribution is 7.80. The molecule has 0 spiro atoms. The molecule has 1 fully saturated rings. The lowest BCUT2D eigenvalue weighted by molar-refractivity contribution is -0.0542. The third-order valence-electron chi connectivity index (χ3n) is 1.90. The van der Waals surface area contributed by atoms with Gasteiger partial charge in [0.05, 0.1) is 24.7 Å². The van der Waals surface area contributed by atoms with Crippen LogP contribution in [0.1, 0.15) is 6.92 Å². The van der Waals surface area contributed by atoms with E-state index in [-0.39, 0.29) is 18.1 Å². The molecule has 1 saturated heterocycles. The monoisotopic (exact) mass is 177 g/mol. The highest BCUT2D eigenvalue weighted by Crippen LogP contribution is 2.10. The van der Waals surface area contributed by atoms with Gasteiger partial charge in [-0.3, -0.25) is 4.90 Å². The highest BCUT2D eigenvalue weighted by atomic mass is 32.1. The molecule has 0 aliphatic carbocycles. The van der Waals surface area contributed by atoms with Crippen LogP contribution in [0, 0.1) is 0 Å². The van der Waals surface area contributed by atoms with E-state index in [9.17, 15) is 0 Å². The zero-order valence-electron chi connectivity index (χ0n) is 6.73. The molecule has 1 aliphatic heterocycles. The topological polar surface area (TPSA) is 32.7 Å². The van der Waals surface area contributed by atoms with E-state index in [1.54, 1.807) is 0 Å². The number of aliphatic hydroxyl groups is 1. The van der Waals surface area contributed by atoms with E-state index in [4.69, 9.17) is 9.84 Å². The predicted molar refractivity (Wildman–Crippen MR) is 46.8 cm³/mol. The molecular formula is C7H15NO2S. The average Bonchev–Trinajstić information content (AvgIpc) is 2.05. The molecular weight excluding hydrogens is 162 g/mol. The molecule has 0 amide bonds. The van der Waals surface area contributed by atoms with Crippen molar-refractivity contribution in [1.29, 1.82) is 0 Å². The van der Waals surface area contributed by atoms with Crippen molar-refractivity contribution in [2.45, 2.75) is 18.4 Å².